The Kier molecular flexibility index (Phi) is 9.81. The Morgan fingerprint density at radius 2 is 1.57 bits per heavy atom. The number of aliphatic carboxylic acids is 2. The molecule has 4 N–H and O–H groups in total. The minimum Gasteiger partial charge on any atom is -0.507 e. The molecule has 5 aliphatic carbocycles. The number of amides is 1. The molecule has 4 unspecified atom stereocenters. The van der Waals surface area contributed by atoms with E-state index in [0.717, 1.165) is 51.0 Å². The standard InChI is InChI=1S/C43H57NO9/c1-38(2)20-21-42(37(51)52)22-23-43(25-53-36(50)15-10-26-29(8-7-9-30(26)45)44-34(47)13-14-35(48)49)27(28(42)24-38)11-12-32-40(5)18-17-33(46)39(3,4)31(40)16-19-41(32,43)6/h7-10,13-15,27-28,31-32,45H,11-12,16-25H2,1-6H3,(H,44,47)(H,48,49)(H,51,52)/b14-13+,15-10+/t27?,28?,31?,32?,40-,41+,42-,43-/m0/s1. The smallest absolute Gasteiger partial charge is 0.330 e. The molecule has 0 aliphatic heterocycles. The van der Waals surface area contributed by atoms with Gasteiger partial charge in [-0.15, -0.1) is 0 Å². The summed E-state index contributed by atoms with van der Waals surface area (Å²) in [6.07, 6.45) is 12.7. The van der Waals surface area contributed by atoms with Crippen LogP contribution in [0.5, 0.6) is 5.75 Å². The van der Waals surface area contributed by atoms with Gasteiger partial charge in [0.25, 0.3) is 0 Å². The molecule has 5 fully saturated rings. The van der Waals surface area contributed by atoms with Crippen LogP contribution in [0.15, 0.2) is 36.4 Å². The summed E-state index contributed by atoms with van der Waals surface area (Å²) in [6.45, 7) is 13.7. The maximum Gasteiger partial charge on any atom is 0.330 e. The topological polar surface area (TPSA) is 167 Å². The Labute approximate surface area is 312 Å². The van der Waals surface area contributed by atoms with Crippen LogP contribution < -0.4 is 5.32 Å². The molecule has 1 aromatic rings. The van der Waals surface area contributed by atoms with Crippen LogP contribution in [0, 0.1) is 56.2 Å². The first-order chi connectivity index (χ1) is 24.7. The number of rotatable bonds is 8. The van der Waals surface area contributed by atoms with Crippen molar-refractivity contribution < 1.29 is 44.0 Å². The van der Waals surface area contributed by atoms with Crippen molar-refractivity contribution in [2.75, 3.05) is 11.9 Å². The second kappa shape index (κ2) is 13.4. The predicted molar refractivity (Wildman–Crippen MR) is 200 cm³/mol. The van der Waals surface area contributed by atoms with E-state index in [-0.39, 0.29) is 63.5 Å². The maximum absolute atomic E-state index is 13.7. The summed E-state index contributed by atoms with van der Waals surface area (Å²) in [5.74, 6) is -2.64. The Bertz CT molecular complexity index is 1760. The molecule has 0 saturated heterocycles. The summed E-state index contributed by atoms with van der Waals surface area (Å²) >= 11 is 0. The molecular weight excluding hydrogens is 674 g/mol. The molecular formula is C43H57NO9. The Hall–Kier alpha value is -3.95. The molecule has 5 aliphatic rings. The molecule has 1 aromatic carbocycles. The molecule has 0 radical (unpaired) electrons. The highest BCUT2D eigenvalue weighted by atomic mass is 16.5. The van der Waals surface area contributed by atoms with Gasteiger partial charge in [-0.25, -0.2) is 9.59 Å². The van der Waals surface area contributed by atoms with E-state index in [1.54, 1.807) is 0 Å². The van der Waals surface area contributed by atoms with Crippen molar-refractivity contribution in [1.82, 2.24) is 0 Å². The van der Waals surface area contributed by atoms with E-state index in [9.17, 15) is 34.2 Å². The molecule has 0 aromatic heterocycles. The van der Waals surface area contributed by atoms with Gasteiger partial charge < -0.3 is 25.4 Å². The number of ether oxygens (including phenoxy) is 1. The summed E-state index contributed by atoms with van der Waals surface area (Å²) in [4.78, 5) is 63.4. The monoisotopic (exact) mass is 731 g/mol. The number of anilines is 1. The Morgan fingerprint density at radius 3 is 2.26 bits per heavy atom. The van der Waals surface area contributed by atoms with Crippen molar-refractivity contribution in [3.63, 3.8) is 0 Å². The summed E-state index contributed by atoms with van der Waals surface area (Å²) < 4.78 is 6.28. The normalized spacial score (nSPS) is 37.1. The van der Waals surface area contributed by atoms with Crippen molar-refractivity contribution >= 4 is 41.4 Å². The van der Waals surface area contributed by atoms with Gasteiger partial charge in [0.2, 0.25) is 5.91 Å². The fourth-order valence-electron chi connectivity index (χ4n) is 12.9. The van der Waals surface area contributed by atoms with Crippen LogP contribution in [0.25, 0.3) is 6.08 Å². The Balaban J connectivity index is 1.35. The van der Waals surface area contributed by atoms with Crippen LogP contribution in [0.2, 0.25) is 0 Å². The lowest BCUT2D eigenvalue weighted by Crippen LogP contribution is -2.69. The van der Waals surface area contributed by atoms with Gasteiger partial charge in [0, 0.05) is 41.0 Å². The molecule has 10 nitrogen and oxygen atoms in total. The molecule has 0 bridgehead atoms. The number of ketones is 1. The fraction of sp³-hybridized carbons (Fsp3) is 0.651. The minimum absolute atomic E-state index is 0.00448. The number of carboxylic acid groups (broad SMARTS) is 2. The third-order valence-corrected chi connectivity index (χ3v) is 15.6. The number of nitrogens with one attached hydrogen (secondary N) is 1. The lowest BCUT2D eigenvalue weighted by Gasteiger charge is -2.73. The molecule has 0 heterocycles. The number of benzene rings is 1. The molecule has 1 amide bonds. The number of hydrogen-bond acceptors (Lipinski definition) is 7. The average molecular weight is 732 g/mol. The number of fused-ring (bicyclic) bond motifs is 7. The first-order valence-corrected chi connectivity index (χ1v) is 19.4. The number of phenolic OH excluding ortho intramolecular Hbond substituents is 1. The number of hydrogen-bond donors (Lipinski definition) is 4. The third-order valence-electron chi connectivity index (χ3n) is 15.6. The van der Waals surface area contributed by atoms with Gasteiger partial charge in [-0.3, -0.25) is 14.4 Å². The second-order valence-electron chi connectivity index (χ2n) is 18.8. The van der Waals surface area contributed by atoms with E-state index in [2.05, 4.69) is 46.9 Å². The zero-order valence-corrected chi connectivity index (χ0v) is 32.1. The molecule has 5 saturated carbocycles. The SMILES string of the molecule is CC1(C)CC[C@]2(C(=O)O)CC[C@]3(COC(=O)/C=C/c4c(O)cccc4NC(=O)/C=C/C(=O)O)C(CCC4[C@@]5(C)CCC(=O)C(C)(C)C5CC[C@]43C)C2C1. The maximum atomic E-state index is 13.7. The zero-order valence-electron chi connectivity index (χ0n) is 32.1. The summed E-state index contributed by atoms with van der Waals surface area (Å²) in [5.41, 5.74) is -1.68. The summed E-state index contributed by atoms with van der Waals surface area (Å²) in [5, 5.41) is 33.0. The number of aromatic hydroxyl groups is 1. The minimum atomic E-state index is -1.28. The van der Waals surface area contributed by atoms with Gasteiger partial charge in [-0.2, -0.15) is 0 Å². The molecule has 288 valence electrons. The molecule has 8 atom stereocenters. The summed E-state index contributed by atoms with van der Waals surface area (Å²) in [6, 6.07) is 4.47. The molecule has 6 rings (SSSR count). The van der Waals surface area contributed by atoms with Gasteiger partial charge in [0.05, 0.1) is 17.7 Å². The van der Waals surface area contributed by atoms with Crippen molar-refractivity contribution in [3.05, 3.63) is 42.0 Å². The van der Waals surface area contributed by atoms with E-state index >= 15 is 0 Å². The lowest BCUT2D eigenvalue weighted by atomic mass is 9.31. The number of carbonyl (C=O) groups excluding carboxylic acids is 3. The van der Waals surface area contributed by atoms with Crippen LogP contribution in [-0.2, 0) is 28.7 Å². The predicted octanol–water partition coefficient (Wildman–Crippen LogP) is 8.04. The van der Waals surface area contributed by atoms with Crippen LogP contribution >= 0.6 is 0 Å². The molecule has 10 heteroatoms. The largest absolute Gasteiger partial charge is 0.507 e. The van der Waals surface area contributed by atoms with Gasteiger partial charge in [-0.05, 0) is 122 Å². The van der Waals surface area contributed by atoms with Crippen molar-refractivity contribution in [1.29, 1.82) is 0 Å². The highest BCUT2D eigenvalue weighted by Crippen LogP contribution is 2.77. The van der Waals surface area contributed by atoms with Gasteiger partial charge >= 0.3 is 17.9 Å². The molecule has 53 heavy (non-hydrogen) atoms. The van der Waals surface area contributed by atoms with Gasteiger partial charge in [0.15, 0.2) is 0 Å². The van der Waals surface area contributed by atoms with E-state index in [4.69, 9.17) is 9.84 Å². The number of phenols is 1. The van der Waals surface area contributed by atoms with Crippen LogP contribution in [-0.4, -0.2) is 51.5 Å². The third kappa shape index (κ3) is 6.31. The van der Waals surface area contributed by atoms with Gasteiger partial charge in [0.1, 0.15) is 11.5 Å². The number of esters is 1. The van der Waals surface area contributed by atoms with Crippen LogP contribution in [0.1, 0.15) is 118 Å². The zero-order chi connectivity index (χ0) is 38.8. The first-order valence-electron chi connectivity index (χ1n) is 19.4. The first kappa shape index (κ1) is 38.8. The quantitative estimate of drug-likeness (QED) is 0.153. The second-order valence-corrected chi connectivity index (χ2v) is 18.8. The van der Waals surface area contributed by atoms with E-state index < -0.39 is 40.1 Å². The number of carbonyl (C=O) groups is 5. The highest BCUT2D eigenvalue weighted by Gasteiger charge is 2.72. The number of Topliss-reactive ketones (excluding diaryl/α,β-unsaturated/α-hetero) is 1. The fourth-order valence-corrected chi connectivity index (χ4v) is 12.9. The van der Waals surface area contributed by atoms with Crippen LogP contribution in [0.3, 0.4) is 0 Å². The highest BCUT2D eigenvalue weighted by molar-refractivity contribution is 6.04. The number of carboxylic acids is 2. The lowest BCUT2D eigenvalue weighted by molar-refractivity contribution is -0.260. The molecule has 0 spiro atoms. The van der Waals surface area contributed by atoms with Crippen molar-refractivity contribution in [2.24, 2.45) is 56.2 Å². The van der Waals surface area contributed by atoms with Crippen LogP contribution in [0.4, 0.5) is 5.69 Å². The average Bonchev–Trinajstić information content (AvgIpc) is 3.07. The Morgan fingerprint density at radius 1 is 0.849 bits per heavy atom. The van der Waals surface area contributed by atoms with E-state index in [1.807, 2.05) is 0 Å². The van der Waals surface area contributed by atoms with Gasteiger partial charge in [-0.1, -0.05) is 47.6 Å². The van der Waals surface area contributed by atoms with E-state index in [0.29, 0.717) is 37.5 Å². The van der Waals surface area contributed by atoms with E-state index in [1.165, 1.54) is 30.4 Å². The van der Waals surface area contributed by atoms with Crippen molar-refractivity contribution in [3.8, 4) is 5.75 Å². The summed E-state index contributed by atoms with van der Waals surface area (Å²) in [7, 11) is 0. The van der Waals surface area contributed by atoms with Crippen molar-refractivity contribution in [2.45, 2.75) is 112 Å².